The van der Waals surface area contributed by atoms with Crippen molar-refractivity contribution in [3.63, 3.8) is 0 Å². The standard InChI is InChI=1S/C20H16N4O3/c21-12-1-6-15(7-2-12)27-16-8-4-14(5-9-16)24-19(25)17-10-3-13(22)11-18(17)23-20(24)26/h1-11H,21-22H2,(H,23,26). The van der Waals surface area contributed by atoms with E-state index >= 15 is 0 Å². The third-order valence-corrected chi connectivity index (χ3v) is 4.13. The highest BCUT2D eigenvalue weighted by Crippen LogP contribution is 2.23. The predicted molar refractivity (Wildman–Crippen MR) is 106 cm³/mol. The van der Waals surface area contributed by atoms with E-state index < -0.39 is 11.2 Å². The van der Waals surface area contributed by atoms with E-state index in [1.165, 1.54) is 0 Å². The molecular formula is C20H16N4O3. The van der Waals surface area contributed by atoms with E-state index in [1.54, 1.807) is 66.7 Å². The Morgan fingerprint density at radius 2 is 1.37 bits per heavy atom. The molecule has 4 aromatic rings. The van der Waals surface area contributed by atoms with Crippen LogP contribution in [0.2, 0.25) is 0 Å². The van der Waals surface area contributed by atoms with Gasteiger partial charge in [-0.2, -0.15) is 0 Å². The van der Waals surface area contributed by atoms with Gasteiger partial charge in [-0.05, 0) is 66.7 Å². The van der Waals surface area contributed by atoms with E-state index in [-0.39, 0.29) is 0 Å². The monoisotopic (exact) mass is 360 g/mol. The number of nitrogens with one attached hydrogen (secondary N) is 1. The molecule has 5 N–H and O–H groups in total. The lowest BCUT2D eigenvalue weighted by atomic mass is 10.2. The van der Waals surface area contributed by atoms with Crippen LogP contribution in [0.4, 0.5) is 11.4 Å². The van der Waals surface area contributed by atoms with Gasteiger partial charge in [0.15, 0.2) is 0 Å². The normalized spacial score (nSPS) is 10.8. The maximum absolute atomic E-state index is 12.7. The van der Waals surface area contributed by atoms with Gasteiger partial charge in [0.05, 0.1) is 16.6 Å². The smallest absolute Gasteiger partial charge is 0.333 e. The number of hydrogen-bond acceptors (Lipinski definition) is 5. The molecule has 7 nitrogen and oxygen atoms in total. The number of aromatic nitrogens is 2. The molecule has 0 aliphatic carbocycles. The molecule has 1 aromatic heterocycles. The number of anilines is 2. The number of nitrogen functional groups attached to an aromatic ring is 2. The Hall–Kier alpha value is -4.00. The summed E-state index contributed by atoms with van der Waals surface area (Å²) in [4.78, 5) is 27.8. The van der Waals surface area contributed by atoms with Crippen LogP contribution in [0.15, 0.2) is 76.3 Å². The highest BCUT2D eigenvalue weighted by molar-refractivity contribution is 5.80. The van der Waals surface area contributed by atoms with Crippen LogP contribution in [0.3, 0.4) is 0 Å². The van der Waals surface area contributed by atoms with E-state index in [9.17, 15) is 9.59 Å². The number of aromatic amines is 1. The highest BCUT2D eigenvalue weighted by Gasteiger charge is 2.10. The van der Waals surface area contributed by atoms with Gasteiger partial charge in [-0.15, -0.1) is 0 Å². The molecule has 0 atom stereocenters. The summed E-state index contributed by atoms with van der Waals surface area (Å²) in [6.45, 7) is 0. The maximum Gasteiger partial charge on any atom is 0.333 e. The second kappa shape index (κ2) is 6.38. The minimum atomic E-state index is -0.537. The summed E-state index contributed by atoms with van der Waals surface area (Å²) in [5.41, 5.74) is 12.4. The summed E-state index contributed by atoms with van der Waals surface area (Å²) in [6.07, 6.45) is 0. The number of rotatable bonds is 3. The van der Waals surface area contributed by atoms with Crippen molar-refractivity contribution in [1.82, 2.24) is 9.55 Å². The third kappa shape index (κ3) is 3.13. The van der Waals surface area contributed by atoms with E-state index in [1.807, 2.05) is 0 Å². The van der Waals surface area contributed by atoms with Crippen molar-refractivity contribution in [3.05, 3.63) is 87.6 Å². The van der Waals surface area contributed by atoms with E-state index in [2.05, 4.69) is 4.98 Å². The molecule has 4 rings (SSSR count). The molecule has 27 heavy (non-hydrogen) atoms. The Bertz CT molecular complexity index is 1240. The zero-order valence-corrected chi connectivity index (χ0v) is 14.2. The molecule has 1 heterocycles. The van der Waals surface area contributed by atoms with Crippen molar-refractivity contribution in [2.45, 2.75) is 0 Å². The van der Waals surface area contributed by atoms with Crippen LogP contribution in [-0.2, 0) is 0 Å². The van der Waals surface area contributed by atoms with Crippen molar-refractivity contribution in [2.75, 3.05) is 11.5 Å². The van der Waals surface area contributed by atoms with Gasteiger partial charge in [-0.3, -0.25) is 4.79 Å². The van der Waals surface area contributed by atoms with Crippen molar-refractivity contribution in [3.8, 4) is 17.2 Å². The third-order valence-electron chi connectivity index (χ3n) is 4.13. The number of nitrogens with zero attached hydrogens (tertiary/aromatic N) is 1. The number of H-pyrrole nitrogens is 1. The van der Waals surface area contributed by atoms with Crippen LogP contribution >= 0.6 is 0 Å². The first-order valence-corrected chi connectivity index (χ1v) is 8.20. The molecular weight excluding hydrogens is 344 g/mol. The minimum absolute atomic E-state index is 0.381. The molecule has 3 aromatic carbocycles. The van der Waals surface area contributed by atoms with Crippen LogP contribution in [0.5, 0.6) is 11.5 Å². The first-order chi connectivity index (χ1) is 13.0. The molecule has 0 bridgehead atoms. The number of hydrogen-bond donors (Lipinski definition) is 3. The summed E-state index contributed by atoms with van der Waals surface area (Å²) in [5.74, 6) is 1.21. The van der Waals surface area contributed by atoms with Gasteiger partial charge < -0.3 is 21.2 Å². The lowest BCUT2D eigenvalue weighted by molar-refractivity contribution is 0.482. The summed E-state index contributed by atoms with van der Waals surface area (Å²) < 4.78 is 6.80. The molecule has 0 unspecified atom stereocenters. The molecule has 0 aliphatic heterocycles. The van der Waals surface area contributed by atoms with Gasteiger partial charge in [0.1, 0.15) is 11.5 Å². The molecule has 0 fully saturated rings. The second-order valence-corrected chi connectivity index (χ2v) is 6.04. The molecule has 0 saturated carbocycles. The van der Waals surface area contributed by atoms with E-state index in [0.717, 1.165) is 4.57 Å². The number of benzene rings is 3. The molecule has 0 saturated heterocycles. The fourth-order valence-corrected chi connectivity index (χ4v) is 2.81. The van der Waals surface area contributed by atoms with E-state index in [0.29, 0.717) is 39.5 Å². The first-order valence-electron chi connectivity index (χ1n) is 8.20. The van der Waals surface area contributed by atoms with Crippen LogP contribution in [0, 0.1) is 0 Å². The summed E-state index contributed by atoms with van der Waals surface area (Å²) >= 11 is 0. The fraction of sp³-hybridized carbons (Fsp3) is 0. The van der Waals surface area contributed by atoms with Gasteiger partial charge in [0.2, 0.25) is 0 Å². The van der Waals surface area contributed by atoms with Crippen molar-refractivity contribution < 1.29 is 4.74 Å². The second-order valence-electron chi connectivity index (χ2n) is 6.04. The van der Waals surface area contributed by atoms with Crippen molar-refractivity contribution >= 4 is 22.3 Å². The molecule has 0 amide bonds. The van der Waals surface area contributed by atoms with Crippen LogP contribution in [0.1, 0.15) is 0 Å². The minimum Gasteiger partial charge on any atom is -0.457 e. The Labute approximate surface area is 153 Å². The Kier molecular flexibility index (Phi) is 3.89. The molecule has 0 aliphatic rings. The highest BCUT2D eigenvalue weighted by atomic mass is 16.5. The molecule has 7 heteroatoms. The maximum atomic E-state index is 12.7. The lowest BCUT2D eigenvalue weighted by Crippen LogP contribution is -2.33. The Morgan fingerprint density at radius 1 is 0.778 bits per heavy atom. The average Bonchev–Trinajstić information content (AvgIpc) is 2.64. The summed E-state index contributed by atoms with van der Waals surface area (Å²) in [7, 11) is 0. The predicted octanol–water partition coefficient (Wildman–Crippen LogP) is 2.64. The summed E-state index contributed by atoms with van der Waals surface area (Å²) in [5, 5.41) is 0.381. The molecule has 134 valence electrons. The van der Waals surface area contributed by atoms with Crippen LogP contribution < -0.4 is 27.5 Å². The summed E-state index contributed by atoms with van der Waals surface area (Å²) in [6, 6.07) is 18.4. The van der Waals surface area contributed by atoms with Gasteiger partial charge in [0.25, 0.3) is 5.56 Å². The van der Waals surface area contributed by atoms with Crippen molar-refractivity contribution in [1.29, 1.82) is 0 Å². The largest absolute Gasteiger partial charge is 0.457 e. The Balaban J connectivity index is 1.71. The lowest BCUT2D eigenvalue weighted by Gasteiger charge is -2.09. The molecule has 0 spiro atoms. The number of nitrogens with two attached hydrogens (primary N) is 2. The van der Waals surface area contributed by atoms with Gasteiger partial charge in [-0.25, -0.2) is 9.36 Å². The van der Waals surface area contributed by atoms with Gasteiger partial charge >= 0.3 is 5.69 Å². The zero-order chi connectivity index (χ0) is 19.0. The van der Waals surface area contributed by atoms with Gasteiger partial charge in [-0.1, -0.05) is 0 Å². The number of fused-ring (bicyclic) bond motifs is 1. The first kappa shape index (κ1) is 16.5. The van der Waals surface area contributed by atoms with E-state index in [4.69, 9.17) is 16.2 Å². The van der Waals surface area contributed by atoms with Gasteiger partial charge in [0, 0.05) is 11.4 Å². The average molecular weight is 360 g/mol. The SMILES string of the molecule is Nc1ccc(Oc2ccc(-n3c(=O)[nH]c4cc(N)ccc4c3=O)cc2)cc1. The number of ether oxygens (including phenoxy) is 1. The topological polar surface area (TPSA) is 116 Å². The van der Waals surface area contributed by atoms with Crippen LogP contribution in [0.25, 0.3) is 16.6 Å². The zero-order valence-electron chi connectivity index (χ0n) is 14.2. The molecule has 0 radical (unpaired) electrons. The van der Waals surface area contributed by atoms with Crippen molar-refractivity contribution in [2.24, 2.45) is 0 Å². The fourth-order valence-electron chi connectivity index (χ4n) is 2.81. The van der Waals surface area contributed by atoms with Crippen LogP contribution in [-0.4, -0.2) is 9.55 Å². The quantitative estimate of drug-likeness (QED) is 0.486. The Morgan fingerprint density at radius 3 is 2.04 bits per heavy atom.